The molecule has 0 aromatic heterocycles. The summed E-state index contributed by atoms with van der Waals surface area (Å²) < 4.78 is 0. The van der Waals surface area contributed by atoms with Gasteiger partial charge < -0.3 is 32.5 Å². The third-order valence-corrected chi connectivity index (χ3v) is 1.75. The van der Waals surface area contributed by atoms with Crippen molar-refractivity contribution in [1.82, 2.24) is 0 Å². The van der Waals surface area contributed by atoms with E-state index in [1.165, 1.54) is 0 Å². The van der Waals surface area contributed by atoms with Crippen LogP contribution in [0.25, 0.3) is 0 Å². The average molecular weight is 265 g/mol. The van der Waals surface area contributed by atoms with Gasteiger partial charge in [-0.3, -0.25) is 14.4 Å². The van der Waals surface area contributed by atoms with Gasteiger partial charge in [0, 0.05) is 0 Å². The van der Waals surface area contributed by atoms with Gasteiger partial charge in [-0.15, -0.1) is 0 Å². The maximum absolute atomic E-state index is 10.0. The number of carboxylic acid groups (broad SMARTS) is 3. The monoisotopic (exact) mass is 265 g/mol. The molecule has 0 radical (unpaired) electrons. The predicted molar refractivity (Wildman–Crippen MR) is 61.8 cm³/mol. The van der Waals surface area contributed by atoms with Crippen LogP contribution in [0.5, 0.6) is 0 Å². The topological polar surface area (TPSA) is 190 Å². The highest BCUT2D eigenvalue weighted by Crippen LogP contribution is 1.91. The highest BCUT2D eigenvalue weighted by Gasteiger charge is 2.14. The van der Waals surface area contributed by atoms with E-state index in [-0.39, 0.29) is 0 Å². The number of carboxylic acids is 3. The summed E-state index contributed by atoms with van der Waals surface area (Å²) in [5, 5.41) is 24.3. The van der Waals surface area contributed by atoms with Crippen LogP contribution in [0.15, 0.2) is 0 Å². The zero-order chi connectivity index (χ0) is 14.7. The van der Waals surface area contributed by atoms with Gasteiger partial charge in [-0.05, 0) is 19.4 Å². The van der Waals surface area contributed by atoms with Crippen LogP contribution in [0.4, 0.5) is 0 Å². The number of nitrogens with two attached hydrogens (primary N) is 3. The van der Waals surface area contributed by atoms with E-state index in [4.69, 9.17) is 32.5 Å². The molecule has 18 heavy (non-hydrogen) atoms. The molecule has 0 aromatic rings. The SMILES string of the molecule is NCCCC(N)C(=O)O.N[C@@H](CC(=O)O)C(=O)O. The van der Waals surface area contributed by atoms with Gasteiger partial charge in [-0.2, -0.15) is 0 Å². The Morgan fingerprint density at radius 2 is 1.39 bits per heavy atom. The molecule has 106 valence electrons. The highest BCUT2D eigenvalue weighted by atomic mass is 16.4. The minimum absolute atomic E-state index is 0.464. The summed E-state index contributed by atoms with van der Waals surface area (Å²) in [4.78, 5) is 29.7. The van der Waals surface area contributed by atoms with Crippen LogP contribution in [0.1, 0.15) is 19.3 Å². The summed E-state index contributed by atoms with van der Waals surface area (Å²) in [6.07, 6.45) is 0.606. The molecule has 0 heterocycles. The lowest BCUT2D eigenvalue weighted by atomic mass is 10.2. The van der Waals surface area contributed by atoms with Crippen LogP contribution in [0.3, 0.4) is 0 Å². The molecule has 0 saturated carbocycles. The Bertz CT molecular complexity index is 283. The van der Waals surface area contributed by atoms with E-state index in [2.05, 4.69) is 0 Å². The first kappa shape index (κ1) is 18.6. The molecule has 1 unspecified atom stereocenters. The quantitative estimate of drug-likeness (QED) is 0.302. The molecule has 0 amide bonds. The molecule has 2 atom stereocenters. The largest absolute Gasteiger partial charge is 0.481 e. The summed E-state index contributed by atoms with van der Waals surface area (Å²) in [5.41, 5.74) is 15.1. The smallest absolute Gasteiger partial charge is 0.321 e. The van der Waals surface area contributed by atoms with Gasteiger partial charge in [0.15, 0.2) is 0 Å². The van der Waals surface area contributed by atoms with Gasteiger partial charge >= 0.3 is 17.9 Å². The Labute approximate surface area is 104 Å². The normalized spacial score (nSPS) is 12.8. The molecule has 9 nitrogen and oxygen atoms in total. The lowest BCUT2D eigenvalue weighted by Gasteiger charge is -2.02. The van der Waals surface area contributed by atoms with E-state index in [9.17, 15) is 14.4 Å². The summed E-state index contributed by atoms with van der Waals surface area (Å²) in [6, 6.07) is -2.03. The first-order valence-corrected chi connectivity index (χ1v) is 5.11. The molecular formula is C9H19N3O6. The molecular weight excluding hydrogens is 246 g/mol. The van der Waals surface area contributed by atoms with E-state index in [0.717, 1.165) is 0 Å². The number of hydrogen-bond acceptors (Lipinski definition) is 6. The third kappa shape index (κ3) is 12.4. The molecule has 0 aliphatic rings. The zero-order valence-electron chi connectivity index (χ0n) is 9.78. The molecule has 0 bridgehead atoms. The molecule has 0 spiro atoms. The molecule has 0 rings (SSSR count). The lowest BCUT2D eigenvalue weighted by molar-refractivity contribution is -0.144. The van der Waals surface area contributed by atoms with E-state index >= 15 is 0 Å². The molecule has 0 fully saturated rings. The van der Waals surface area contributed by atoms with E-state index < -0.39 is 36.4 Å². The van der Waals surface area contributed by atoms with Crippen LogP contribution in [0, 0.1) is 0 Å². The van der Waals surface area contributed by atoms with Crippen molar-refractivity contribution >= 4 is 17.9 Å². The minimum Gasteiger partial charge on any atom is -0.481 e. The lowest BCUT2D eigenvalue weighted by Crippen LogP contribution is -2.32. The Balaban J connectivity index is 0. The standard InChI is InChI=1S/C5H12N2O2.C4H7NO4/c6-3-1-2-4(7)5(8)9;5-2(4(8)9)1-3(6)7/h4H,1-3,6-7H2,(H,8,9);2H,1,5H2,(H,6,7)(H,8,9)/t;2-/m.0/s1. The van der Waals surface area contributed by atoms with Crippen molar-refractivity contribution in [2.45, 2.75) is 31.3 Å². The molecule has 0 aliphatic heterocycles. The Morgan fingerprint density at radius 1 is 0.944 bits per heavy atom. The third-order valence-electron chi connectivity index (χ3n) is 1.75. The van der Waals surface area contributed by atoms with Crippen molar-refractivity contribution < 1.29 is 29.7 Å². The summed E-state index contributed by atoms with van der Waals surface area (Å²) in [7, 11) is 0. The molecule has 0 aromatic carbocycles. The fourth-order valence-corrected chi connectivity index (χ4v) is 0.737. The van der Waals surface area contributed by atoms with Gasteiger partial charge in [0.1, 0.15) is 12.1 Å². The van der Waals surface area contributed by atoms with Gasteiger partial charge in [0.2, 0.25) is 0 Å². The predicted octanol–water partition coefficient (Wildman–Crippen LogP) is -1.99. The van der Waals surface area contributed by atoms with Crippen molar-refractivity contribution in [3.8, 4) is 0 Å². The molecule has 9 N–H and O–H groups in total. The maximum Gasteiger partial charge on any atom is 0.321 e. The Kier molecular flexibility index (Phi) is 10.8. The zero-order valence-corrected chi connectivity index (χ0v) is 9.78. The Morgan fingerprint density at radius 3 is 1.61 bits per heavy atom. The van der Waals surface area contributed by atoms with Gasteiger partial charge in [0.05, 0.1) is 6.42 Å². The maximum atomic E-state index is 10.0. The van der Waals surface area contributed by atoms with Gasteiger partial charge in [0.25, 0.3) is 0 Å². The van der Waals surface area contributed by atoms with Crippen LogP contribution in [-0.4, -0.2) is 51.9 Å². The first-order valence-electron chi connectivity index (χ1n) is 5.11. The van der Waals surface area contributed by atoms with Crippen molar-refractivity contribution in [3.63, 3.8) is 0 Å². The second-order valence-corrected chi connectivity index (χ2v) is 3.42. The van der Waals surface area contributed by atoms with Crippen molar-refractivity contribution in [2.75, 3.05) is 6.54 Å². The number of hydrogen-bond donors (Lipinski definition) is 6. The van der Waals surface area contributed by atoms with Crippen LogP contribution in [0.2, 0.25) is 0 Å². The second kappa shape index (κ2) is 10.4. The highest BCUT2D eigenvalue weighted by molar-refractivity contribution is 5.80. The van der Waals surface area contributed by atoms with Gasteiger partial charge in [-0.1, -0.05) is 0 Å². The summed E-state index contributed by atoms with van der Waals surface area (Å²) in [5.74, 6) is -3.45. The molecule has 0 saturated heterocycles. The summed E-state index contributed by atoms with van der Waals surface area (Å²) in [6.45, 7) is 0.501. The van der Waals surface area contributed by atoms with Crippen molar-refractivity contribution in [1.29, 1.82) is 0 Å². The number of carbonyl (C=O) groups is 3. The van der Waals surface area contributed by atoms with Crippen LogP contribution in [-0.2, 0) is 14.4 Å². The van der Waals surface area contributed by atoms with Crippen molar-refractivity contribution in [2.24, 2.45) is 17.2 Å². The second-order valence-electron chi connectivity index (χ2n) is 3.42. The van der Waals surface area contributed by atoms with Crippen LogP contribution >= 0.6 is 0 Å². The molecule has 0 aliphatic carbocycles. The number of rotatable bonds is 7. The fraction of sp³-hybridized carbons (Fsp3) is 0.667. The van der Waals surface area contributed by atoms with E-state index in [1.807, 2.05) is 0 Å². The van der Waals surface area contributed by atoms with E-state index in [0.29, 0.717) is 19.4 Å². The number of aliphatic carboxylic acids is 3. The van der Waals surface area contributed by atoms with Crippen molar-refractivity contribution in [3.05, 3.63) is 0 Å². The minimum atomic E-state index is -1.29. The van der Waals surface area contributed by atoms with E-state index in [1.54, 1.807) is 0 Å². The van der Waals surface area contributed by atoms with Gasteiger partial charge in [-0.25, -0.2) is 0 Å². The Hall–Kier alpha value is -1.71. The first-order chi connectivity index (χ1) is 8.22. The summed E-state index contributed by atoms with van der Waals surface area (Å²) >= 11 is 0. The molecule has 9 heteroatoms. The van der Waals surface area contributed by atoms with Crippen LogP contribution < -0.4 is 17.2 Å². The average Bonchev–Trinajstić information content (AvgIpc) is 2.25. The fourth-order valence-electron chi connectivity index (χ4n) is 0.737.